The highest BCUT2D eigenvalue weighted by molar-refractivity contribution is 5.81. The minimum absolute atomic E-state index is 0.152. The van der Waals surface area contributed by atoms with Crippen LogP contribution < -0.4 is 5.73 Å². The molecule has 2 atom stereocenters. The van der Waals surface area contributed by atoms with E-state index in [1.165, 1.54) is 18.2 Å². The molecule has 2 aliphatic carbocycles. The van der Waals surface area contributed by atoms with Gasteiger partial charge in [0, 0.05) is 11.8 Å². The zero-order valence-electron chi connectivity index (χ0n) is 12.8. The number of amidine groups is 1. The fourth-order valence-corrected chi connectivity index (χ4v) is 4.23. The predicted octanol–water partition coefficient (Wildman–Crippen LogP) is 3.08. The van der Waals surface area contributed by atoms with Gasteiger partial charge in [-0.2, -0.15) is 10.2 Å². The van der Waals surface area contributed by atoms with E-state index >= 15 is 0 Å². The van der Waals surface area contributed by atoms with Gasteiger partial charge in [0.1, 0.15) is 17.5 Å². The van der Waals surface area contributed by atoms with Gasteiger partial charge in [-0.15, -0.1) is 0 Å². The van der Waals surface area contributed by atoms with E-state index in [0.29, 0.717) is 6.42 Å². The highest BCUT2D eigenvalue weighted by Gasteiger charge is 2.51. The molecule has 1 aromatic heterocycles. The van der Waals surface area contributed by atoms with Crippen molar-refractivity contribution >= 4 is 5.84 Å². The number of aromatic nitrogens is 2. The topological polar surface area (TPSA) is 84.4 Å². The molecule has 2 bridgehead atoms. The molecule has 3 N–H and O–H groups in total. The van der Waals surface area contributed by atoms with Gasteiger partial charge in [-0.3, -0.25) is 0 Å². The lowest BCUT2D eigenvalue weighted by atomic mass is 9.79. The van der Waals surface area contributed by atoms with Crippen LogP contribution in [-0.4, -0.2) is 21.2 Å². The van der Waals surface area contributed by atoms with E-state index in [4.69, 9.17) is 10.9 Å². The van der Waals surface area contributed by atoms with Crippen molar-refractivity contribution in [3.63, 3.8) is 0 Å². The Kier molecular flexibility index (Phi) is 3.26. The van der Waals surface area contributed by atoms with E-state index in [2.05, 4.69) is 15.4 Å². The van der Waals surface area contributed by atoms with Gasteiger partial charge in [0.2, 0.25) is 0 Å². The molecule has 2 aromatic rings. The second-order valence-electron chi connectivity index (χ2n) is 6.62. The summed E-state index contributed by atoms with van der Waals surface area (Å²) < 4.78 is 28.0. The van der Waals surface area contributed by atoms with Crippen LogP contribution in [0.25, 0.3) is 11.3 Å². The fourth-order valence-electron chi connectivity index (χ4n) is 4.23. The number of nitrogens with two attached hydrogens (primary N) is 1. The third-order valence-electron chi connectivity index (χ3n) is 5.24. The van der Waals surface area contributed by atoms with E-state index in [-0.39, 0.29) is 28.4 Å². The second-order valence-corrected chi connectivity index (χ2v) is 6.62. The van der Waals surface area contributed by atoms with E-state index in [1.54, 1.807) is 6.07 Å². The van der Waals surface area contributed by atoms with Gasteiger partial charge in [0.15, 0.2) is 0 Å². The van der Waals surface area contributed by atoms with Crippen molar-refractivity contribution in [2.24, 2.45) is 10.9 Å². The largest absolute Gasteiger partial charge is 0.409 e. The Hall–Kier alpha value is -2.57. The number of halogens is 2. The first kappa shape index (κ1) is 15.0. The molecule has 0 radical (unpaired) electrons. The number of benzene rings is 1. The molecule has 1 aromatic carbocycles. The number of fused-ring (bicyclic) bond motifs is 5. The summed E-state index contributed by atoms with van der Waals surface area (Å²) in [4.78, 5) is 0. The number of hydrogen-bond acceptors (Lipinski definition) is 4. The van der Waals surface area contributed by atoms with Crippen molar-refractivity contribution < 1.29 is 14.0 Å². The van der Waals surface area contributed by atoms with Gasteiger partial charge in [-0.05, 0) is 48.9 Å². The molecule has 0 saturated heterocycles. The van der Waals surface area contributed by atoms with Crippen LogP contribution in [0.3, 0.4) is 0 Å². The molecular formula is C17H16F2N4O. The van der Waals surface area contributed by atoms with Gasteiger partial charge < -0.3 is 10.9 Å². The van der Waals surface area contributed by atoms with E-state index in [0.717, 1.165) is 30.5 Å². The summed E-state index contributed by atoms with van der Waals surface area (Å²) in [6, 6.07) is 5.48. The van der Waals surface area contributed by atoms with Gasteiger partial charge in [-0.25, -0.2) is 8.78 Å². The van der Waals surface area contributed by atoms with Crippen molar-refractivity contribution in [3.8, 4) is 11.3 Å². The molecule has 5 nitrogen and oxygen atoms in total. The molecule has 24 heavy (non-hydrogen) atoms. The van der Waals surface area contributed by atoms with Crippen LogP contribution in [0, 0.1) is 11.6 Å². The van der Waals surface area contributed by atoms with Gasteiger partial charge in [0.05, 0.1) is 17.0 Å². The lowest BCUT2D eigenvalue weighted by Gasteiger charge is -2.26. The Morgan fingerprint density at radius 1 is 1.33 bits per heavy atom. The third-order valence-corrected chi connectivity index (χ3v) is 5.24. The standard InChI is InChI=1S/C17H16F2N4O/c18-11-2-1-3-12(19)15(11)13-6-10-9-4-5-17(7-9,8-14(20)23-24)16(10)22-21-13/h1-3,6,9,24H,4-5,7-8H2,(H2,20,23)/t9-,17+/m1/s1. The predicted molar refractivity (Wildman–Crippen MR) is 83.7 cm³/mol. The van der Waals surface area contributed by atoms with Crippen molar-refractivity contribution in [2.75, 3.05) is 0 Å². The van der Waals surface area contributed by atoms with Crippen molar-refractivity contribution in [1.29, 1.82) is 0 Å². The second kappa shape index (κ2) is 5.22. The molecule has 1 fully saturated rings. The summed E-state index contributed by atoms with van der Waals surface area (Å²) in [7, 11) is 0. The quantitative estimate of drug-likeness (QED) is 0.392. The van der Waals surface area contributed by atoms with E-state index < -0.39 is 11.6 Å². The summed E-state index contributed by atoms with van der Waals surface area (Å²) in [6.45, 7) is 0. The first-order valence-electron chi connectivity index (χ1n) is 7.83. The Bertz CT molecular complexity index is 834. The third kappa shape index (κ3) is 2.07. The Morgan fingerprint density at radius 2 is 2.08 bits per heavy atom. The first-order chi connectivity index (χ1) is 11.5. The minimum atomic E-state index is -0.654. The molecule has 124 valence electrons. The number of hydrogen-bond donors (Lipinski definition) is 2. The average Bonchev–Trinajstić information content (AvgIpc) is 3.11. The Labute approximate surface area is 137 Å². The number of nitrogens with zero attached hydrogens (tertiary/aromatic N) is 3. The van der Waals surface area contributed by atoms with Gasteiger partial charge in [0.25, 0.3) is 0 Å². The van der Waals surface area contributed by atoms with Crippen LogP contribution in [-0.2, 0) is 5.41 Å². The molecule has 0 amide bonds. The van der Waals surface area contributed by atoms with Crippen molar-refractivity contribution in [1.82, 2.24) is 10.2 Å². The SMILES string of the molecule is NC(C[C@]12CC[C@H](C1)c1cc(-c3c(F)cccc3F)nnc12)=NO. The van der Waals surface area contributed by atoms with Crippen LogP contribution in [0.2, 0.25) is 0 Å². The van der Waals surface area contributed by atoms with E-state index in [9.17, 15) is 8.78 Å². The molecule has 0 spiro atoms. The smallest absolute Gasteiger partial charge is 0.140 e. The van der Waals surface area contributed by atoms with Crippen LogP contribution in [0.5, 0.6) is 0 Å². The Morgan fingerprint density at radius 3 is 2.79 bits per heavy atom. The van der Waals surface area contributed by atoms with Crippen LogP contribution in [0.4, 0.5) is 8.78 Å². The highest BCUT2D eigenvalue weighted by atomic mass is 19.1. The molecular weight excluding hydrogens is 314 g/mol. The molecule has 0 unspecified atom stereocenters. The van der Waals surface area contributed by atoms with E-state index in [1.807, 2.05) is 0 Å². The van der Waals surface area contributed by atoms with Gasteiger partial charge in [-0.1, -0.05) is 11.2 Å². The zero-order chi connectivity index (χ0) is 16.9. The maximum Gasteiger partial charge on any atom is 0.140 e. The summed E-state index contributed by atoms with van der Waals surface area (Å²) in [6.07, 6.45) is 3.10. The summed E-state index contributed by atoms with van der Waals surface area (Å²) in [5.74, 6) is -0.873. The maximum absolute atomic E-state index is 14.0. The normalized spacial score (nSPS) is 25.1. The van der Waals surface area contributed by atoms with Gasteiger partial charge >= 0.3 is 0 Å². The molecule has 0 aliphatic heterocycles. The molecule has 1 heterocycles. The van der Waals surface area contributed by atoms with Crippen LogP contribution >= 0.6 is 0 Å². The average molecular weight is 330 g/mol. The lowest BCUT2D eigenvalue weighted by Crippen LogP contribution is -2.30. The molecule has 1 saturated carbocycles. The highest BCUT2D eigenvalue weighted by Crippen LogP contribution is 2.58. The van der Waals surface area contributed by atoms with Crippen LogP contribution in [0.15, 0.2) is 29.4 Å². The fraction of sp³-hybridized carbons (Fsp3) is 0.353. The molecule has 2 aliphatic rings. The summed E-state index contributed by atoms with van der Waals surface area (Å²) >= 11 is 0. The summed E-state index contributed by atoms with van der Waals surface area (Å²) in [5, 5.41) is 20.3. The zero-order valence-corrected chi connectivity index (χ0v) is 12.8. The Balaban J connectivity index is 1.80. The summed E-state index contributed by atoms with van der Waals surface area (Å²) in [5.41, 5.74) is 7.26. The number of rotatable bonds is 3. The van der Waals surface area contributed by atoms with Crippen molar-refractivity contribution in [3.05, 3.63) is 47.2 Å². The maximum atomic E-state index is 14.0. The molecule has 7 heteroatoms. The minimum Gasteiger partial charge on any atom is -0.409 e. The number of oxime groups is 1. The monoisotopic (exact) mass is 330 g/mol. The lowest BCUT2D eigenvalue weighted by molar-refractivity contribution is 0.313. The van der Waals surface area contributed by atoms with Crippen molar-refractivity contribution in [2.45, 2.75) is 37.0 Å². The van der Waals surface area contributed by atoms with Crippen LogP contribution in [0.1, 0.15) is 42.9 Å². The molecule has 4 rings (SSSR count). The first-order valence-corrected chi connectivity index (χ1v) is 7.83.